The third-order valence-corrected chi connectivity index (χ3v) is 3.32. The minimum absolute atomic E-state index is 0.117. The molecule has 0 amide bonds. The van der Waals surface area contributed by atoms with E-state index in [0.717, 1.165) is 0 Å². The van der Waals surface area contributed by atoms with E-state index < -0.39 is 7.82 Å². The summed E-state index contributed by atoms with van der Waals surface area (Å²) >= 11 is 1.94. The number of rotatable bonds is 2. The van der Waals surface area contributed by atoms with Crippen LogP contribution in [0, 0.1) is 0 Å². The average molecular weight is 278 g/mol. The van der Waals surface area contributed by atoms with Gasteiger partial charge in [0.2, 0.25) is 0 Å². The molecule has 0 saturated carbocycles. The fourth-order valence-electron chi connectivity index (χ4n) is 0.605. The smallest absolute Gasteiger partial charge is 0.284 e. The number of alkyl halides is 1. The van der Waals surface area contributed by atoms with Crippen LogP contribution in [0.1, 0.15) is 6.92 Å². The molecule has 0 aromatic carbocycles. The lowest BCUT2D eigenvalue weighted by atomic mass is 10.5. The molecule has 1 heterocycles. The van der Waals surface area contributed by atoms with Crippen molar-refractivity contribution in [2.45, 2.75) is 13.0 Å². The molecular weight excluding hydrogens is 270 g/mol. The van der Waals surface area contributed by atoms with Crippen molar-refractivity contribution in [1.29, 1.82) is 0 Å². The zero-order valence-electron chi connectivity index (χ0n) is 5.45. The van der Waals surface area contributed by atoms with E-state index in [0.29, 0.717) is 11.2 Å². The van der Waals surface area contributed by atoms with Gasteiger partial charge in [0.25, 0.3) is 0 Å². The Balaban J connectivity index is 2.47. The summed E-state index contributed by atoms with van der Waals surface area (Å²) in [6, 6.07) is 0. The average Bonchev–Trinajstić information content (AvgIpc) is 2.12. The molecule has 0 bridgehead atoms. The first-order chi connectivity index (χ1) is 4.66. The minimum Gasteiger partial charge on any atom is -0.284 e. The van der Waals surface area contributed by atoms with Crippen molar-refractivity contribution in [1.82, 2.24) is 0 Å². The van der Waals surface area contributed by atoms with Gasteiger partial charge in [0.1, 0.15) is 4.61 Å². The van der Waals surface area contributed by atoms with Crippen LogP contribution >= 0.6 is 30.4 Å². The first-order valence-corrected chi connectivity index (χ1v) is 5.78. The molecule has 0 aromatic rings. The normalized spacial score (nSPS) is 40.4. The Hall–Kier alpha value is 0.840. The molecule has 4 nitrogen and oxygen atoms in total. The van der Waals surface area contributed by atoms with Crippen LogP contribution in [0.4, 0.5) is 0 Å². The standard InChI is InChI=1S/C4H8IO4P/c1-4-2-7-10(6,9-4)8-3-5/h4H,2-3H2,1H3/t4-,10?/m0/s1. The highest BCUT2D eigenvalue weighted by Crippen LogP contribution is 2.54. The van der Waals surface area contributed by atoms with E-state index in [1.165, 1.54) is 0 Å². The van der Waals surface area contributed by atoms with Crippen molar-refractivity contribution < 1.29 is 18.1 Å². The third-order valence-electron chi connectivity index (χ3n) is 0.983. The Bertz CT molecular complexity index is 155. The summed E-state index contributed by atoms with van der Waals surface area (Å²) in [7, 11) is -3.13. The molecular formula is C4H8IO4P. The largest absolute Gasteiger partial charge is 0.475 e. The number of halogens is 1. The minimum atomic E-state index is -3.13. The summed E-state index contributed by atoms with van der Waals surface area (Å²) in [6.07, 6.45) is -0.117. The Labute approximate surface area is 73.0 Å². The zero-order valence-corrected chi connectivity index (χ0v) is 8.50. The third kappa shape index (κ3) is 2.17. The highest BCUT2D eigenvalue weighted by molar-refractivity contribution is 14.1. The van der Waals surface area contributed by atoms with Crippen molar-refractivity contribution in [2.75, 3.05) is 11.2 Å². The molecule has 0 N–H and O–H groups in total. The molecule has 2 atom stereocenters. The molecule has 0 spiro atoms. The van der Waals surface area contributed by atoms with Gasteiger partial charge in [0, 0.05) is 0 Å². The predicted octanol–water partition coefficient (Wildman–Crippen LogP) is 1.94. The van der Waals surface area contributed by atoms with Crippen molar-refractivity contribution in [2.24, 2.45) is 0 Å². The predicted molar refractivity (Wildman–Crippen MR) is 44.1 cm³/mol. The van der Waals surface area contributed by atoms with Crippen molar-refractivity contribution in [3.8, 4) is 0 Å². The lowest BCUT2D eigenvalue weighted by Gasteiger charge is -2.06. The van der Waals surface area contributed by atoms with Gasteiger partial charge in [-0.05, 0) is 6.92 Å². The molecule has 1 rings (SSSR count). The molecule has 0 aromatic heterocycles. The lowest BCUT2D eigenvalue weighted by Crippen LogP contribution is -2.00. The molecule has 0 radical (unpaired) electrons. The number of phosphoric ester groups is 1. The van der Waals surface area contributed by atoms with Gasteiger partial charge >= 0.3 is 7.82 Å². The van der Waals surface area contributed by atoms with Crippen LogP contribution in [0.25, 0.3) is 0 Å². The Kier molecular flexibility index (Phi) is 3.12. The second-order valence-corrected chi connectivity index (χ2v) is 4.14. The van der Waals surface area contributed by atoms with Gasteiger partial charge in [-0.3, -0.25) is 13.6 Å². The topological polar surface area (TPSA) is 44.8 Å². The monoisotopic (exact) mass is 278 g/mol. The maximum absolute atomic E-state index is 11.2. The van der Waals surface area contributed by atoms with Crippen LogP contribution in [0.2, 0.25) is 0 Å². The van der Waals surface area contributed by atoms with Gasteiger partial charge in [0.15, 0.2) is 0 Å². The molecule has 10 heavy (non-hydrogen) atoms. The van der Waals surface area contributed by atoms with Crippen molar-refractivity contribution in [3.63, 3.8) is 0 Å². The molecule has 6 heteroatoms. The zero-order chi connectivity index (χ0) is 7.61. The quantitative estimate of drug-likeness (QED) is 0.440. The van der Waals surface area contributed by atoms with Crippen LogP contribution < -0.4 is 0 Å². The summed E-state index contributed by atoms with van der Waals surface area (Å²) in [4.78, 5) is 0. The van der Waals surface area contributed by atoms with E-state index in [2.05, 4.69) is 0 Å². The van der Waals surface area contributed by atoms with Crippen LogP contribution in [-0.4, -0.2) is 17.3 Å². The van der Waals surface area contributed by atoms with E-state index >= 15 is 0 Å². The van der Waals surface area contributed by atoms with E-state index in [-0.39, 0.29) is 6.10 Å². The molecule has 1 saturated heterocycles. The van der Waals surface area contributed by atoms with Gasteiger partial charge < -0.3 is 0 Å². The Morgan fingerprint density at radius 1 is 1.90 bits per heavy atom. The summed E-state index contributed by atoms with van der Waals surface area (Å²) < 4.78 is 25.9. The Morgan fingerprint density at radius 3 is 3.00 bits per heavy atom. The fraction of sp³-hybridized carbons (Fsp3) is 1.00. The molecule has 0 aliphatic carbocycles. The second-order valence-electron chi connectivity index (χ2n) is 1.90. The fourth-order valence-corrected chi connectivity index (χ4v) is 2.84. The molecule has 60 valence electrons. The van der Waals surface area contributed by atoms with Crippen molar-refractivity contribution >= 4 is 30.4 Å². The highest BCUT2D eigenvalue weighted by atomic mass is 127. The first-order valence-electron chi connectivity index (χ1n) is 2.80. The van der Waals surface area contributed by atoms with Crippen LogP contribution in [-0.2, 0) is 18.1 Å². The van der Waals surface area contributed by atoms with E-state index in [4.69, 9.17) is 13.6 Å². The van der Waals surface area contributed by atoms with Gasteiger partial charge in [-0.1, -0.05) is 22.6 Å². The lowest BCUT2D eigenvalue weighted by molar-refractivity contribution is 0.204. The number of hydrogen-bond donors (Lipinski definition) is 0. The maximum Gasteiger partial charge on any atom is 0.475 e. The van der Waals surface area contributed by atoms with Gasteiger partial charge in [0.05, 0.1) is 12.7 Å². The van der Waals surface area contributed by atoms with Crippen LogP contribution in [0.15, 0.2) is 0 Å². The molecule has 1 aliphatic heterocycles. The molecule has 1 aliphatic rings. The summed E-state index contributed by atoms with van der Waals surface area (Å²) in [5.74, 6) is 0. The van der Waals surface area contributed by atoms with Crippen LogP contribution in [0.5, 0.6) is 0 Å². The Morgan fingerprint density at radius 2 is 2.60 bits per heavy atom. The van der Waals surface area contributed by atoms with E-state index in [9.17, 15) is 4.57 Å². The van der Waals surface area contributed by atoms with Gasteiger partial charge in [-0.15, -0.1) is 0 Å². The van der Waals surface area contributed by atoms with Gasteiger partial charge in [-0.25, -0.2) is 4.57 Å². The first kappa shape index (κ1) is 8.93. The molecule has 1 fully saturated rings. The maximum atomic E-state index is 11.2. The van der Waals surface area contributed by atoms with E-state index in [1.54, 1.807) is 6.92 Å². The summed E-state index contributed by atoms with van der Waals surface area (Å²) in [5.41, 5.74) is 0. The summed E-state index contributed by atoms with van der Waals surface area (Å²) in [6.45, 7) is 2.14. The number of hydrogen-bond acceptors (Lipinski definition) is 4. The van der Waals surface area contributed by atoms with Gasteiger partial charge in [-0.2, -0.15) is 0 Å². The SMILES string of the molecule is C[C@H]1COP(=O)(OCI)O1. The van der Waals surface area contributed by atoms with E-state index in [1.807, 2.05) is 22.6 Å². The molecule has 1 unspecified atom stereocenters. The number of phosphoric acid groups is 1. The second kappa shape index (κ2) is 3.49. The summed E-state index contributed by atoms with van der Waals surface area (Å²) in [5, 5.41) is 0. The van der Waals surface area contributed by atoms with Crippen LogP contribution in [0.3, 0.4) is 0 Å². The van der Waals surface area contributed by atoms with Crippen molar-refractivity contribution in [3.05, 3.63) is 0 Å². The highest BCUT2D eigenvalue weighted by Gasteiger charge is 2.35.